The number of nitrogens with two attached hydrogens (primary N) is 1. The van der Waals surface area contributed by atoms with Crippen LogP contribution in [0, 0.1) is 13.8 Å². The summed E-state index contributed by atoms with van der Waals surface area (Å²) in [6.45, 7) is 9.24. The fourth-order valence-electron chi connectivity index (χ4n) is 1.66. The third-order valence-corrected chi connectivity index (χ3v) is 2.36. The van der Waals surface area contributed by atoms with Crippen LogP contribution in [0.5, 0.6) is 0 Å². The molecule has 2 N–H and O–H groups in total. The molecule has 0 spiro atoms. The topological polar surface area (TPSA) is 43.8 Å². The highest BCUT2D eigenvalue weighted by atomic mass is 15.3. The van der Waals surface area contributed by atoms with Crippen LogP contribution in [0.25, 0.3) is 0 Å². The van der Waals surface area contributed by atoms with Crippen molar-refractivity contribution in [1.29, 1.82) is 0 Å². The Morgan fingerprint density at radius 3 is 2.46 bits per heavy atom. The second-order valence-corrected chi connectivity index (χ2v) is 3.65. The van der Waals surface area contributed by atoms with Crippen LogP contribution in [-0.4, -0.2) is 15.8 Å². The van der Waals surface area contributed by atoms with E-state index < -0.39 is 0 Å². The normalized spacial score (nSPS) is 13.3. The monoisotopic (exact) mass is 181 g/mol. The zero-order valence-corrected chi connectivity index (χ0v) is 8.96. The van der Waals surface area contributed by atoms with Gasteiger partial charge in [-0.1, -0.05) is 0 Å². The number of nitrogens with zero attached hydrogens (tertiary/aromatic N) is 2. The maximum atomic E-state index is 5.78. The molecule has 3 heteroatoms. The molecule has 1 rings (SSSR count). The molecular formula is C10H19N3. The minimum absolute atomic E-state index is 0.215. The number of aryl methyl sites for hydroxylation is 2. The van der Waals surface area contributed by atoms with Crippen molar-refractivity contribution in [2.75, 3.05) is 0 Å². The Kier molecular flexibility index (Phi) is 3.09. The van der Waals surface area contributed by atoms with E-state index in [-0.39, 0.29) is 6.04 Å². The number of rotatable bonds is 3. The first-order chi connectivity index (χ1) is 6.06. The molecule has 0 bridgehead atoms. The standard InChI is InChI=1S/C10H19N3/c1-5-13-9(4)10(6-7(2)11)8(3)12-13/h7H,5-6,11H2,1-4H3/t7-/m0/s1. The van der Waals surface area contributed by atoms with Crippen molar-refractivity contribution < 1.29 is 0 Å². The Hall–Kier alpha value is -0.830. The molecule has 1 aromatic heterocycles. The average molecular weight is 181 g/mol. The number of hydrogen-bond acceptors (Lipinski definition) is 2. The first-order valence-corrected chi connectivity index (χ1v) is 4.84. The van der Waals surface area contributed by atoms with Gasteiger partial charge in [0, 0.05) is 18.3 Å². The molecule has 0 aliphatic heterocycles. The smallest absolute Gasteiger partial charge is 0.0629 e. The lowest BCUT2D eigenvalue weighted by Crippen LogP contribution is -2.18. The Morgan fingerprint density at radius 1 is 1.46 bits per heavy atom. The van der Waals surface area contributed by atoms with Crippen LogP contribution in [0.1, 0.15) is 30.8 Å². The summed E-state index contributed by atoms with van der Waals surface area (Å²) in [6, 6.07) is 0.215. The molecule has 74 valence electrons. The summed E-state index contributed by atoms with van der Waals surface area (Å²) in [4.78, 5) is 0. The summed E-state index contributed by atoms with van der Waals surface area (Å²) in [6.07, 6.45) is 0.928. The molecule has 0 amide bonds. The summed E-state index contributed by atoms with van der Waals surface area (Å²) in [7, 11) is 0. The minimum atomic E-state index is 0.215. The third-order valence-electron chi connectivity index (χ3n) is 2.36. The van der Waals surface area contributed by atoms with Crippen LogP contribution < -0.4 is 5.73 Å². The van der Waals surface area contributed by atoms with Gasteiger partial charge in [0.05, 0.1) is 5.69 Å². The van der Waals surface area contributed by atoms with Crippen LogP contribution in [0.4, 0.5) is 0 Å². The van der Waals surface area contributed by atoms with Crippen LogP contribution in [0.2, 0.25) is 0 Å². The van der Waals surface area contributed by atoms with E-state index in [4.69, 9.17) is 5.73 Å². The molecule has 13 heavy (non-hydrogen) atoms. The van der Waals surface area contributed by atoms with Gasteiger partial charge in [-0.25, -0.2) is 0 Å². The van der Waals surface area contributed by atoms with Crippen molar-refractivity contribution in [2.24, 2.45) is 5.73 Å². The van der Waals surface area contributed by atoms with E-state index in [0.717, 1.165) is 18.7 Å². The molecular weight excluding hydrogens is 162 g/mol. The van der Waals surface area contributed by atoms with Gasteiger partial charge in [-0.05, 0) is 39.7 Å². The van der Waals surface area contributed by atoms with Gasteiger partial charge in [0.1, 0.15) is 0 Å². The van der Waals surface area contributed by atoms with Crippen molar-refractivity contribution in [3.8, 4) is 0 Å². The lowest BCUT2D eigenvalue weighted by molar-refractivity contribution is 0.632. The van der Waals surface area contributed by atoms with Crippen molar-refractivity contribution in [3.63, 3.8) is 0 Å². The van der Waals surface area contributed by atoms with Gasteiger partial charge in [0.2, 0.25) is 0 Å². The summed E-state index contributed by atoms with van der Waals surface area (Å²) in [5.41, 5.74) is 9.48. The van der Waals surface area contributed by atoms with E-state index in [0.29, 0.717) is 0 Å². The predicted octanol–water partition coefficient (Wildman–Crippen LogP) is 1.41. The van der Waals surface area contributed by atoms with Gasteiger partial charge in [-0.3, -0.25) is 4.68 Å². The molecule has 0 fully saturated rings. The predicted molar refractivity (Wildman–Crippen MR) is 54.7 cm³/mol. The molecule has 1 aromatic rings. The fraction of sp³-hybridized carbons (Fsp3) is 0.700. The first-order valence-electron chi connectivity index (χ1n) is 4.84. The third kappa shape index (κ3) is 2.10. The van der Waals surface area contributed by atoms with E-state index in [1.165, 1.54) is 11.3 Å². The van der Waals surface area contributed by atoms with Gasteiger partial charge >= 0.3 is 0 Å². The Bertz CT molecular complexity index is 287. The molecule has 0 radical (unpaired) electrons. The van der Waals surface area contributed by atoms with Gasteiger partial charge in [-0.15, -0.1) is 0 Å². The molecule has 1 atom stereocenters. The molecule has 1 heterocycles. The van der Waals surface area contributed by atoms with E-state index in [1.807, 2.05) is 11.6 Å². The summed E-state index contributed by atoms with van der Waals surface area (Å²) < 4.78 is 2.03. The van der Waals surface area contributed by atoms with Crippen LogP contribution in [0.3, 0.4) is 0 Å². The molecule has 0 aliphatic rings. The SMILES string of the molecule is CCn1nc(C)c(C[C@H](C)N)c1C. The highest BCUT2D eigenvalue weighted by Gasteiger charge is 2.11. The van der Waals surface area contributed by atoms with Gasteiger partial charge in [-0.2, -0.15) is 5.10 Å². The Balaban J connectivity index is 2.98. The summed E-state index contributed by atoms with van der Waals surface area (Å²) in [5.74, 6) is 0. The van der Waals surface area contributed by atoms with Crippen LogP contribution in [0.15, 0.2) is 0 Å². The van der Waals surface area contributed by atoms with Crippen molar-refractivity contribution in [1.82, 2.24) is 9.78 Å². The van der Waals surface area contributed by atoms with Crippen molar-refractivity contribution in [2.45, 2.75) is 46.7 Å². The Labute approximate surface area is 79.9 Å². The van der Waals surface area contributed by atoms with Gasteiger partial charge in [0.15, 0.2) is 0 Å². The van der Waals surface area contributed by atoms with Gasteiger partial charge < -0.3 is 5.73 Å². The fourth-order valence-corrected chi connectivity index (χ4v) is 1.66. The molecule has 0 aromatic carbocycles. The molecule has 3 nitrogen and oxygen atoms in total. The summed E-state index contributed by atoms with van der Waals surface area (Å²) >= 11 is 0. The molecule has 0 saturated carbocycles. The molecule has 0 saturated heterocycles. The minimum Gasteiger partial charge on any atom is -0.328 e. The van der Waals surface area contributed by atoms with Crippen LogP contribution >= 0.6 is 0 Å². The maximum Gasteiger partial charge on any atom is 0.0629 e. The zero-order valence-electron chi connectivity index (χ0n) is 8.96. The zero-order chi connectivity index (χ0) is 10.0. The number of hydrogen-bond donors (Lipinski definition) is 1. The second kappa shape index (κ2) is 3.92. The average Bonchev–Trinajstić information content (AvgIpc) is 2.31. The summed E-state index contributed by atoms with van der Waals surface area (Å²) in [5, 5.41) is 4.44. The van der Waals surface area contributed by atoms with Gasteiger partial charge in [0.25, 0.3) is 0 Å². The van der Waals surface area contributed by atoms with E-state index in [9.17, 15) is 0 Å². The molecule has 0 aliphatic carbocycles. The van der Waals surface area contributed by atoms with Crippen molar-refractivity contribution >= 4 is 0 Å². The molecule has 0 unspecified atom stereocenters. The highest BCUT2D eigenvalue weighted by Crippen LogP contribution is 2.14. The highest BCUT2D eigenvalue weighted by molar-refractivity contribution is 5.25. The maximum absolute atomic E-state index is 5.78. The van der Waals surface area contributed by atoms with E-state index >= 15 is 0 Å². The van der Waals surface area contributed by atoms with E-state index in [2.05, 4.69) is 25.9 Å². The second-order valence-electron chi connectivity index (χ2n) is 3.65. The quantitative estimate of drug-likeness (QED) is 0.766. The van der Waals surface area contributed by atoms with Crippen molar-refractivity contribution in [3.05, 3.63) is 17.0 Å². The number of aromatic nitrogens is 2. The lowest BCUT2D eigenvalue weighted by atomic mass is 10.1. The first kappa shape index (κ1) is 10.3. The lowest BCUT2D eigenvalue weighted by Gasteiger charge is -2.05. The van der Waals surface area contributed by atoms with Crippen LogP contribution in [-0.2, 0) is 13.0 Å². The van der Waals surface area contributed by atoms with E-state index in [1.54, 1.807) is 0 Å². The largest absolute Gasteiger partial charge is 0.328 e. The Morgan fingerprint density at radius 2 is 2.08 bits per heavy atom.